The first-order chi connectivity index (χ1) is 8.22. The normalized spacial score (nSPS) is 16.8. The Morgan fingerprint density at radius 3 is 2.42 bits per heavy atom. The number of benzene rings is 1. The number of phenols is 2. The van der Waals surface area contributed by atoms with Crippen molar-refractivity contribution in [2.45, 2.75) is 6.04 Å². The second-order valence-electron chi connectivity index (χ2n) is 4.21. The third-order valence-electron chi connectivity index (χ3n) is 3.10. The zero-order chi connectivity index (χ0) is 12.3. The SMILES string of the molecule is C=C[C@@H](c1cc(O)ccc1O)N1CCNCC1.Cl.Cl. The highest BCUT2D eigenvalue weighted by Gasteiger charge is 2.22. The standard InChI is InChI=1S/C13H18N2O2.2ClH/c1-2-12(15-7-5-14-6-8-15)11-9-10(16)3-4-13(11)17;;/h2-4,9,12,14,16-17H,1,5-8H2;2*1H/t12-;;/m0../s1. The molecule has 1 aliphatic heterocycles. The van der Waals surface area contributed by atoms with Gasteiger partial charge in [0.1, 0.15) is 11.5 Å². The highest BCUT2D eigenvalue weighted by molar-refractivity contribution is 5.85. The lowest BCUT2D eigenvalue weighted by Gasteiger charge is -2.33. The molecule has 1 saturated heterocycles. The first-order valence-corrected chi connectivity index (χ1v) is 5.81. The summed E-state index contributed by atoms with van der Waals surface area (Å²) in [6, 6.07) is 4.55. The largest absolute Gasteiger partial charge is 0.508 e. The molecule has 1 fully saturated rings. The van der Waals surface area contributed by atoms with Gasteiger partial charge in [-0.1, -0.05) is 6.08 Å². The molecule has 1 aliphatic rings. The first kappa shape index (κ1) is 18.1. The lowest BCUT2D eigenvalue weighted by molar-refractivity contribution is 0.200. The molecular weight excluding hydrogens is 287 g/mol. The molecule has 108 valence electrons. The molecule has 0 aromatic heterocycles. The second-order valence-corrected chi connectivity index (χ2v) is 4.21. The van der Waals surface area contributed by atoms with Gasteiger partial charge in [-0.25, -0.2) is 0 Å². The molecule has 3 N–H and O–H groups in total. The van der Waals surface area contributed by atoms with Gasteiger partial charge in [-0.05, 0) is 18.2 Å². The molecule has 1 aromatic carbocycles. The van der Waals surface area contributed by atoms with E-state index in [1.165, 1.54) is 12.1 Å². The average molecular weight is 307 g/mol. The van der Waals surface area contributed by atoms with Crippen LogP contribution in [-0.4, -0.2) is 41.3 Å². The Morgan fingerprint density at radius 1 is 1.21 bits per heavy atom. The molecule has 0 unspecified atom stereocenters. The molecule has 0 spiro atoms. The van der Waals surface area contributed by atoms with E-state index >= 15 is 0 Å². The fourth-order valence-electron chi connectivity index (χ4n) is 2.21. The molecule has 4 nitrogen and oxygen atoms in total. The van der Waals surface area contributed by atoms with Crippen molar-refractivity contribution in [3.8, 4) is 11.5 Å². The van der Waals surface area contributed by atoms with E-state index in [4.69, 9.17) is 0 Å². The van der Waals surface area contributed by atoms with Crippen LogP contribution in [-0.2, 0) is 0 Å². The maximum absolute atomic E-state index is 9.87. The van der Waals surface area contributed by atoms with E-state index in [1.807, 2.05) is 0 Å². The number of piperazine rings is 1. The fraction of sp³-hybridized carbons (Fsp3) is 0.385. The van der Waals surface area contributed by atoms with Crippen molar-refractivity contribution in [1.29, 1.82) is 0 Å². The Balaban J connectivity index is 0.00000162. The van der Waals surface area contributed by atoms with Crippen LogP contribution in [0.3, 0.4) is 0 Å². The molecule has 0 radical (unpaired) electrons. The lowest BCUT2D eigenvalue weighted by atomic mass is 10.0. The fourth-order valence-corrected chi connectivity index (χ4v) is 2.21. The third kappa shape index (κ3) is 4.28. The Morgan fingerprint density at radius 2 is 1.84 bits per heavy atom. The molecule has 0 aliphatic carbocycles. The van der Waals surface area contributed by atoms with Gasteiger partial charge in [-0.15, -0.1) is 31.4 Å². The van der Waals surface area contributed by atoms with E-state index in [2.05, 4.69) is 16.8 Å². The Labute approximate surface area is 125 Å². The van der Waals surface area contributed by atoms with Crippen molar-refractivity contribution < 1.29 is 10.2 Å². The number of aromatic hydroxyl groups is 2. The summed E-state index contributed by atoms with van der Waals surface area (Å²) >= 11 is 0. The van der Waals surface area contributed by atoms with Crippen molar-refractivity contribution in [3.05, 3.63) is 36.4 Å². The Kier molecular flexibility index (Phi) is 7.87. The molecule has 1 atom stereocenters. The third-order valence-corrected chi connectivity index (χ3v) is 3.10. The second kappa shape index (κ2) is 8.27. The number of hydrogen-bond donors (Lipinski definition) is 3. The van der Waals surface area contributed by atoms with Crippen molar-refractivity contribution in [2.24, 2.45) is 0 Å². The van der Waals surface area contributed by atoms with Gasteiger partial charge in [0.2, 0.25) is 0 Å². The first-order valence-electron chi connectivity index (χ1n) is 5.81. The topological polar surface area (TPSA) is 55.7 Å². The Hall–Kier alpha value is -0.940. The molecule has 19 heavy (non-hydrogen) atoms. The van der Waals surface area contributed by atoms with Crippen LogP contribution in [0.1, 0.15) is 11.6 Å². The van der Waals surface area contributed by atoms with E-state index in [1.54, 1.807) is 12.1 Å². The highest BCUT2D eigenvalue weighted by Crippen LogP contribution is 2.32. The number of nitrogens with one attached hydrogen (secondary N) is 1. The van der Waals surface area contributed by atoms with Crippen molar-refractivity contribution >= 4 is 24.8 Å². The minimum Gasteiger partial charge on any atom is -0.508 e. The quantitative estimate of drug-likeness (QED) is 0.591. The minimum absolute atomic E-state index is 0. The summed E-state index contributed by atoms with van der Waals surface area (Å²) < 4.78 is 0. The van der Waals surface area contributed by atoms with Crippen LogP contribution < -0.4 is 5.32 Å². The van der Waals surface area contributed by atoms with E-state index in [0.29, 0.717) is 5.56 Å². The molecule has 1 heterocycles. The number of phenolic OH excluding ortho intramolecular Hbond substituents is 2. The smallest absolute Gasteiger partial charge is 0.120 e. The molecular formula is C13H20Cl2N2O2. The minimum atomic E-state index is -0.0517. The number of rotatable bonds is 3. The lowest BCUT2D eigenvalue weighted by Crippen LogP contribution is -2.44. The van der Waals surface area contributed by atoms with Crippen molar-refractivity contribution in [3.63, 3.8) is 0 Å². The molecule has 0 amide bonds. The van der Waals surface area contributed by atoms with Gasteiger partial charge < -0.3 is 15.5 Å². The summed E-state index contributed by atoms with van der Waals surface area (Å²) in [7, 11) is 0. The van der Waals surface area contributed by atoms with Crippen LogP contribution in [0.25, 0.3) is 0 Å². The summed E-state index contributed by atoms with van der Waals surface area (Å²) in [5.74, 6) is 0.367. The highest BCUT2D eigenvalue weighted by atomic mass is 35.5. The van der Waals surface area contributed by atoms with Gasteiger partial charge in [0.25, 0.3) is 0 Å². The van der Waals surface area contributed by atoms with Gasteiger partial charge in [0, 0.05) is 31.7 Å². The monoisotopic (exact) mass is 306 g/mol. The van der Waals surface area contributed by atoms with Crippen molar-refractivity contribution in [2.75, 3.05) is 26.2 Å². The van der Waals surface area contributed by atoms with Crippen LogP contribution >= 0.6 is 24.8 Å². The Bertz CT molecular complexity index is 410. The molecule has 1 aromatic rings. The maximum atomic E-state index is 9.87. The van der Waals surface area contributed by atoms with Gasteiger partial charge >= 0.3 is 0 Å². The molecule has 0 bridgehead atoms. The van der Waals surface area contributed by atoms with Gasteiger partial charge in [0.15, 0.2) is 0 Å². The molecule has 2 rings (SSSR count). The summed E-state index contributed by atoms with van der Waals surface area (Å²) in [5.41, 5.74) is 0.710. The number of halogens is 2. The van der Waals surface area contributed by atoms with Gasteiger partial charge in [-0.2, -0.15) is 0 Å². The molecule has 6 heteroatoms. The zero-order valence-corrected chi connectivity index (χ0v) is 12.2. The predicted octanol–water partition coefficient (Wildman–Crippen LogP) is 2.07. The summed E-state index contributed by atoms with van der Waals surface area (Å²) in [6.07, 6.45) is 1.81. The van der Waals surface area contributed by atoms with E-state index < -0.39 is 0 Å². The zero-order valence-electron chi connectivity index (χ0n) is 10.6. The van der Waals surface area contributed by atoms with Crippen LogP contribution in [0.4, 0.5) is 0 Å². The summed E-state index contributed by atoms with van der Waals surface area (Å²) in [6.45, 7) is 7.51. The predicted molar refractivity (Wildman–Crippen MR) is 81.6 cm³/mol. The van der Waals surface area contributed by atoms with Gasteiger partial charge in [-0.3, -0.25) is 4.90 Å². The summed E-state index contributed by atoms with van der Waals surface area (Å²) in [5, 5.41) is 22.7. The van der Waals surface area contributed by atoms with Crippen LogP contribution in [0.15, 0.2) is 30.9 Å². The van der Waals surface area contributed by atoms with E-state index in [0.717, 1.165) is 26.2 Å². The van der Waals surface area contributed by atoms with Crippen LogP contribution in [0.2, 0.25) is 0 Å². The van der Waals surface area contributed by atoms with E-state index in [-0.39, 0.29) is 42.4 Å². The van der Waals surface area contributed by atoms with Gasteiger partial charge in [0.05, 0.1) is 6.04 Å². The van der Waals surface area contributed by atoms with Crippen LogP contribution in [0, 0.1) is 0 Å². The molecule has 0 saturated carbocycles. The van der Waals surface area contributed by atoms with Crippen molar-refractivity contribution in [1.82, 2.24) is 10.2 Å². The van der Waals surface area contributed by atoms with E-state index in [9.17, 15) is 10.2 Å². The number of hydrogen-bond acceptors (Lipinski definition) is 4. The van der Waals surface area contributed by atoms with Crippen LogP contribution in [0.5, 0.6) is 11.5 Å². The number of nitrogens with zero attached hydrogens (tertiary/aromatic N) is 1. The summed E-state index contributed by atoms with van der Waals surface area (Å²) in [4.78, 5) is 2.23. The maximum Gasteiger partial charge on any atom is 0.120 e. The average Bonchev–Trinajstić information content (AvgIpc) is 2.36.